The van der Waals surface area contributed by atoms with Crippen molar-refractivity contribution in [1.82, 2.24) is 4.72 Å². The first-order valence-electron chi connectivity index (χ1n) is 8.44. The molecule has 1 aliphatic rings. The van der Waals surface area contributed by atoms with Crippen molar-refractivity contribution in [2.75, 3.05) is 30.3 Å². The molecule has 1 unspecified atom stereocenters. The van der Waals surface area contributed by atoms with Gasteiger partial charge in [0.2, 0.25) is 10.0 Å². The summed E-state index contributed by atoms with van der Waals surface area (Å²) in [5.41, 5.74) is 2.27. The maximum Gasteiger partial charge on any atom is 0.211 e. The SMILES string of the molecule is O=S(=O)(CCc1ccccc1)NCC1CCN(c2ccccc2)C1. The molecule has 2 aromatic carbocycles. The van der Waals surface area contributed by atoms with Gasteiger partial charge < -0.3 is 4.90 Å². The minimum Gasteiger partial charge on any atom is -0.371 e. The van der Waals surface area contributed by atoms with Crippen molar-refractivity contribution in [2.24, 2.45) is 5.92 Å². The Labute approximate surface area is 144 Å². The van der Waals surface area contributed by atoms with Crippen LogP contribution in [0.15, 0.2) is 60.7 Å². The number of nitrogens with one attached hydrogen (secondary N) is 1. The second-order valence-electron chi connectivity index (χ2n) is 6.34. The third-order valence-corrected chi connectivity index (χ3v) is 5.85. The number of nitrogens with zero attached hydrogens (tertiary/aromatic N) is 1. The van der Waals surface area contributed by atoms with E-state index in [1.54, 1.807) is 0 Å². The first-order valence-corrected chi connectivity index (χ1v) is 10.1. The summed E-state index contributed by atoms with van der Waals surface area (Å²) in [6.07, 6.45) is 1.58. The summed E-state index contributed by atoms with van der Waals surface area (Å²) in [5.74, 6) is 0.517. The zero-order valence-corrected chi connectivity index (χ0v) is 14.6. The van der Waals surface area contributed by atoms with Crippen LogP contribution in [0.5, 0.6) is 0 Å². The number of anilines is 1. The maximum atomic E-state index is 12.2. The predicted molar refractivity (Wildman–Crippen MR) is 98.7 cm³/mol. The molecule has 0 amide bonds. The molecule has 2 aromatic rings. The van der Waals surface area contributed by atoms with E-state index in [0.717, 1.165) is 25.1 Å². The van der Waals surface area contributed by atoms with Crippen LogP contribution in [-0.2, 0) is 16.4 Å². The summed E-state index contributed by atoms with van der Waals surface area (Å²) in [6.45, 7) is 2.42. The van der Waals surface area contributed by atoms with E-state index < -0.39 is 10.0 Å². The van der Waals surface area contributed by atoms with E-state index in [1.165, 1.54) is 5.69 Å². The van der Waals surface area contributed by atoms with Crippen LogP contribution in [-0.4, -0.2) is 33.8 Å². The molecule has 0 aliphatic carbocycles. The van der Waals surface area contributed by atoms with Crippen LogP contribution in [0.2, 0.25) is 0 Å². The zero-order valence-electron chi connectivity index (χ0n) is 13.8. The summed E-state index contributed by atoms with van der Waals surface area (Å²) in [6, 6.07) is 20.0. The quantitative estimate of drug-likeness (QED) is 0.840. The molecule has 1 saturated heterocycles. The van der Waals surface area contributed by atoms with E-state index in [9.17, 15) is 8.42 Å². The van der Waals surface area contributed by atoms with Gasteiger partial charge in [-0.1, -0.05) is 48.5 Å². The summed E-state index contributed by atoms with van der Waals surface area (Å²) < 4.78 is 27.2. The van der Waals surface area contributed by atoms with E-state index in [-0.39, 0.29) is 5.75 Å². The monoisotopic (exact) mass is 344 g/mol. The first kappa shape index (κ1) is 17.0. The van der Waals surface area contributed by atoms with E-state index >= 15 is 0 Å². The Bertz CT molecular complexity index is 732. The van der Waals surface area contributed by atoms with Crippen molar-refractivity contribution in [3.05, 3.63) is 66.2 Å². The van der Waals surface area contributed by atoms with Gasteiger partial charge >= 0.3 is 0 Å². The van der Waals surface area contributed by atoms with Gasteiger partial charge in [0.15, 0.2) is 0 Å². The Kier molecular flexibility index (Phi) is 5.53. The number of para-hydroxylation sites is 1. The van der Waals surface area contributed by atoms with E-state index in [2.05, 4.69) is 21.8 Å². The molecule has 0 radical (unpaired) electrons. The molecule has 3 rings (SSSR count). The van der Waals surface area contributed by atoms with Gasteiger partial charge in [-0.25, -0.2) is 13.1 Å². The fourth-order valence-corrected chi connectivity index (χ4v) is 4.22. The van der Waals surface area contributed by atoms with Crippen molar-refractivity contribution in [3.8, 4) is 0 Å². The van der Waals surface area contributed by atoms with Crippen LogP contribution in [0, 0.1) is 5.92 Å². The van der Waals surface area contributed by atoms with Gasteiger partial charge in [0.1, 0.15) is 0 Å². The van der Waals surface area contributed by atoms with Gasteiger partial charge in [0, 0.05) is 25.3 Å². The highest BCUT2D eigenvalue weighted by molar-refractivity contribution is 7.89. The second-order valence-corrected chi connectivity index (χ2v) is 8.27. The Morgan fingerprint density at radius 2 is 1.67 bits per heavy atom. The van der Waals surface area contributed by atoms with Gasteiger partial charge in [-0.3, -0.25) is 0 Å². The van der Waals surface area contributed by atoms with Gasteiger partial charge in [0.05, 0.1) is 5.75 Å². The average molecular weight is 344 g/mol. The zero-order chi connectivity index (χ0) is 16.8. The highest BCUT2D eigenvalue weighted by atomic mass is 32.2. The van der Waals surface area contributed by atoms with Crippen LogP contribution in [0.25, 0.3) is 0 Å². The maximum absolute atomic E-state index is 12.2. The largest absolute Gasteiger partial charge is 0.371 e. The molecule has 1 atom stereocenters. The Hall–Kier alpha value is -1.85. The van der Waals surface area contributed by atoms with Gasteiger partial charge in [-0.05, 0) is 36.5 Å². The standard InChI is InChI=1S/C19H24N2O2S/c22-24(23,14-12-17-7-3-1-4-8-17)20-15-18-11-13-21(16-18)19-9-5-2-6-10-19/h1-10,18,20H,11-16H2. The fraction of sp³-hybridized carbons (Fsp3) is 0.368. The smallest absolute Gasteiger partial charge is 0.211 e. The van der Waals surface area contributed by atoms with Gasteiger partial charge in [-0.15, -0.1) is 0 Å². The lowest BCUT2D eigenvalue weighted by molar-refractivity contribution is 0.541. The molecule has 0 bridgehead atoms. The molecule has 24 heavy (non-hydrogen) atoms. The Balaban J connectivity index is 1.45. The van der Waals surface area contributed by atoms with Crippen molar-refractivity contribution < 1.29 is 8.42 Å². The number of aryl methyl sites for hydroxylation is 1. The summed E-state index contributed by atoms with van der Waals surface area (Å²) in [4.78, 5) is 2.32. The normalized spacial score (nSPS) is 18.0. The highest BCUT2D eigenvalue weighted by Gasteiger charge is 2.24. The molecule has 128 valence electrons. The number of hydrogen-bond acceptors (Lipinski definition) is 3. The minimum absolute atomic E-state index is 0.145. The molecule has 1 fully saturated rings. The summed E-state index contributed by atoms with van der Waals surface area (Å²) >= 11 is 0. The van der Waals surface area contributed by atoms with Crippen LogP contribution in [0.4, 0.5) is 5.69 Å². The molecule has 1 N–H and O–H groups in total. The van der Waals surface area contributed by atoms with Crippen molar-refractivity contribution in [1.29, 1.82) is 0 Å². The fourth-order valence-electron chi connectivity index (χ4n) is 3.09. The lowest BCUT2D eigenvalue weighted by Crippen LogP contribution is -2.33. The molecule has 0 spiro atoms. The number of benzene rings is 2. The Morgan fingerprint density at radius 3 is 2.38 bits per heavy atom. The third-order valence-electron chi connectivity index (χ3n) is 4.50. The average Bonchev–Trinajstić information content (AvgIpc) is 3.09. The lowest BCUT2D eigenvalue weighted by Gasteiger charge is -2.18. The topological polar surface area (TPSA) is 49.4 Å². The van der Waals surface area contributed by atoms with Crippen LogP contribution in [0.3, 0.4) is 0 Å². The van der Waals surface area contributed by atoms with E-state index in [4.69, 9.17) is 0 Å². The molecule has 5 heteroatoms. The van der Waals surface area contributed by atoms with E-state index in [1.807, 2.05) is 48.5 Å². The number of rotatable bonds is 7. The van der Waals surface area contributed by atoms with Crippen LogP contribution in [0.1, 0.15) is 12.0 Å². The van der Waals surface area contributed by atoms with E-state index in [0.29, 0.717) is 18.9 Å². The highest BCUT2D eigenvalue weighted by Crippen LogP contribution is 2.23. The van der Waals surface area contributed by atoms with Crippen LogP contribution >= 0.6 is 0 Å². The molecule has 1 aliphatic heterocycles. The molecule has 1 heterocycles. The van der Waals surface area contributed by atoms with Gasteiger partial charge in [0.25, 0.3) is 0 Å². The van der Waals surface area contributed by atoms with Crippen molar-refractivity contribution in [3.63, 3.8) is 0 Å². The first-order chi connectivity index (χ1) is 11.6. The number of hydrogen-bond donors (Lipinski definition) is 1. The number of sulfonamides is 1. The predicted octanol–water partition coefficient (Wildman–Crippen LogP) is 2.68. The molecule has 0 aromatic heterocycles. The lowest BCUT2D eigenvalue weighted by atomic mass is 10.1. The molecular formula is C19H24N2O2S. The summed E-state index contributed by atoms with van der Waals surface area (Å²) in [7, 11) is -3.22. The molecule has 0 saturated carbocycles. The second kappa shape index (κ2) is 7.81. The summed E-state index contributed by atoms with van der Waals surface area (Å²) in [5, 5.41) is 0. The minimum atomic E-state index is -3.22. The van der Waals surface area contributed by atoms with Gasteiger partial charge in [-0.2, -0.15) is 0 Å². The van der Waals surface area contributed by atoms with Crippen molar-refractivity contribution >= 4 is 15.7 Å². The molecular weight excluding hydrogens is 320 g/mol. The van der Waals surface area contributed by atoms with Crippen molar-refractivity contribution in [2.45, 2.75) is 12.8 Å². The third kappa shape index (κ3) is 4.82. The van der Waals surface area contributed by atoms with Crippen LogP contribution < -0.4 is 9.62 Å². The molecule has 4 nitrogen and oxygen atoms in total. The Morgan fingerprint density at radius 1 is 1.00 bits per heavy atom.